The summed E-state index contributed by atoms with van der Waals surface area (Å²) in [6.45, 7) is 0.442. The van der Waals surface area contributed by atoms with Gasteiger partial charge in [-0.2, -0.15) is 0 Å². The molecule has 0 bridgehead atoms. The molecular weight excluding hydrogens is 396 g/mol. The second-order valence-electron chi connectivity index (χ2n) is 7.01. The fourth-order valence-electron chi connectivity index (χ4n) is 3.80. The third-order valence-electron chi connectivity index (χ3n) is 5.15. The van der Waals surface area contributed by atoms with E-state index in [-0.39, 0.29) is 17.9 Å². The van der Waals surface area contributed by atoms with Gasteiger partial charge in [0.15, 0.2) is 0 Å². The molecule has 0 aliphatic heterocycles. The summed E-state index contributed by atoms with van der Waals surface area (Å²) in [7, 11) is 1.38. The van der Waals surface area contributed by atoms with Crippen LogP contribution in [0.4, 0.5) is 0 Å². The molecule has 4 rings (SSSR count). The normalized spacial score (nSPS) is 13.1. The van der Waals surface area contributed by atoms with Crippen LogP contribution in [0.3, 0.4) is 0 Å². The number of benzene rings is 1. The number of halogens is 1. The van der Waals surface area contributed by atoms with Gasteiger partial charge in [-0.1, -0.05) is 23.7 Å². The Kier molecular flexibility index (Phi) is 5.51. The molecule has 1 aliphatic carbocycles. The number of rotatable bonds is 6. The minimum absolute atomic E-state index is 0.00583. The van der Waals surface area contributed by atoms with E-state index in [2.05, 4.69) is 0 Å². The molecule has 2 heterocycles. The summed E-state index contributed by atoms with van der Waals surface area (Å²) in [5, 5.41) is 1.43. The number of ether oxygens (including phenoxy) is 1. The average Bonchev–Trinajstić information content (AvgIpc) is 3.24. The first-order valence-corrected chi connectivity index (χ1v) is 10.6. The average molecular weight is 417 g/mol. The van der Waals surface area contributed by atoms with E-state index in [9.17, 15) is 9.59 Å². The predicted molar refractivity (Wildman–Crippen MR) is 111 cm³/mol. The SMILES string of the molecule is COC(=O)CCCn1c(Cc2cccc(Cl)c2)nc2sc3c(c2c1=O)CCC3. The van der Waals surface area contributed by atoms with Gasteiger partial charge in [0.2, 0.25) is 0 Å². The van der Waals surface area contributed by atoms with Crippen LogP contribution in [0.25, 0.3) is 10.2 Å². The van der Waals surface area contributed by atoms with Crippen molar-refractivity contribution in [1.82, 2.24) is 9.55 Å². The number of hydrogen-bond acceptors (Lipinski definition) is 5. The van der Waals surface area contributed by atoms with E-state index in [0.29, 0.717) is 30.2 Å². The number of fused-ring (bicyclic) bond motifs is 3. The number of thiophene rings is 1. The highest BCUT2D eigenvalue weighted by Gasteiger charge is 2.23. The Labute approximate surface area is 171 Å². The quantitative estimate of drug-likeness (QED) is 0.566. The molecule has 2 aromatic heterocycles. The molecule has 0 unspecified atom stereocenters. The maximum Gasteiger partial charge on any atom is 0.305 e. The molecule has 1 aliphatic rings. The topological polar surface area (TPSA) is 61.2 Å². The number of esters is 1. The van der Waals surface area contributed by atoms with Crippen molar-refractivity contribution >= 4 is 39.1 Å². The maximum absolute atomic E-state index is 13.4. The van der Waals surface area contributed by atoms with Crippen molar-refractivity contribution < 1.29 is 9.53 Å². The fraction of sp³-hybridized carbons (Fsp3) is 0.381. The summed E-state index contributed by atoms with van der Waals surface area (Å²) in [6.07, 6.45) is 4.41. The van der Waals surface area contributed by atoms with Crippen LogP contribution in [0.5, 0.6) is 0 Å². The van der Waals surface area contributed by atoms with Crippen molar-refractivity contribution in [3.05, 3.63) is 61.5 Å². The van der Waals surface area contributed by atoms with Gasteiger partial charge in [-0.25, -0.2) is 4.98 Å². The van der Waals surface area contributed by atoms with Crippen molar-refractivity contribution in [2.24, 2.45) is 0 Å². The lowest BCUT2D eigenvalue weighted by Gasteiger charge is -2.13. The van der Waals surface area contributed by atoms with E-state index in [1.165, 1.54) is 17.6 Å². The van der Waals surface area contributed by atoms with E-state index in [4.69, 9.17) is 21.3 Å². The summed E-state index contributed by atoms with van der Waals surface area (Å²) < 4.78 is 6.45. The van der Waals surface area contributed by atoms with Crippen LogP contribution in [0.2, 0.25) is 5.02 Å². The molecule has 0 saturated heterocycles. The fourth-order valence-corrected chi connectivity index (χ4v) is 5.28. The smallest absolute Gasteiger partial charge is 0.305 e. The Morgan fingerprint density at radius 2 is 2.21 bits per heavy atom. The van der Waals surface area contributed by atoms with E-state index in [0.717, 1.165) is 35.0 Å². The Morgan fingerprint density at radius 3 is 3.00 bits per heavy atom. The number of aryl methyl sites for hydroxylation is 2. The van der Waals surface area contributed by atoms with Gasteiger partial charge in [0.05, 0.1) is 12.5 Å². The highest BCUT2D eigenvalue weighted by molar-refractivity contribution is 7.18. The summed E-state index contributed by atoms with van der Waals surface area (Å²) in [5.74, 6) is 0.444. The molecule has 0 spiro atoms. The van der Waals surface area contributed by atoms with Crippen molar-refractivity contribution in [1.29, 1.82) is 0 Å². The van der Waals surface area contributed by atoms with Gasteiger partial charge in [0.1, 0.15) is 10.7 Å². The molecule has 0 atom stereocenters. The summed E-state index contributed by atoms with van der Waals surface area (Å²) in [5.41, 5.74) is 2.18. The summed E-state index contributed by atoms with van der Waals surface area (Å²) in [6, 6.07) is 7.60. The number of hydrogen-bond donors (Lipinski definition) is 0. The van der Waals surface area contributed by atoms with Gasteiger partial charge in [0, 0.05) is 29.3 Å². The third kappa shape index (κ3) is 3.71. The molecule has 1 aromatic carbocycles. The summed E-state index contributed by atoms with van der Waals surface area (Å²) >= 11 is 7.77. The van der Waals surface area contributed by atoms with Crippen LogP contribution < -0.4 is 5.56 Å². The number of carbonyl (C=O) groups excluding carboxylic acids is 1. The Balaban J connectivity index is 1.76. The predicted octanol–water partition coefficient (Wildman–Crippen LogP) is 4.14. The van der Waals surface area contributed by atoms with Crippen LogP contribution in [-0.2, 0) is 35.3 Å². The van der Waals surface area contributed by atoms with E-state index in [1.807, 2.05) is 24.3 Å². The van der Waals surface area contributed by atoms with Gasteiger partial charge >= 0.3 is 5.97 Å². The standard InChI is InChI=1S/C21H21ClN2O3S/c1-27-18(25)9-4-10-24-17(12-13-5-2-6-14(22)11-13)23-20-19(21(24)26)15-7-3-8-16(15)28-20/h2,5-6,11H,3-4,7-10,12H2,1H3. The molecule has 0 amide bonds. The van der Waals surface area contributed by atoms with Crippen LogP contribution in [0, 0.1) is 0 Å². The molecule has 0 fully saturated rings. The molecule has 3 aromatic rings. The van der Waals surface area contributed by atoms with Crippen molar-refractivity contribution in [3.63, 3.8) is 0 Å². The minimum Gasteiger partial charge on any atom is -0.469 e. The van der Waals surface area contributed by atoms with Gasteiger partial charge in [-0.05, 0) is 48.9 Å². The molecule has 0 saturated carbocycles. The molecular formula is C21H21ClN2O3S. The van der Waals surface area contributed by atoms with Crippen molar-refractivity contribution in [2.45, 2.75) is 45.1 Å². The zero-order valence-corrected chi connectivity index (χ0v) is 17.2. The van der Waals surface area contributed by atoms with E-state index < -0.39 is 0 Å². The van der Waals surface area contributed by atoms with E-state index >= 15 is 0 Å². The minimum atomic E-state index is -0.269. The Bertz CT molecular complexity index is 1100. The third-order valence-corrected chi connectivity index (χ3v) is 6.57. The van der Waals surface area contributed by atoms with Crippen molar-refractivity contribution in [3.8, 4) is 0 Å². The number of aromatic nitrogens is 2. The molecule has 146 valence electrons. The highest BCUT2D eigenvalue weighted by Crippen LogP contribution is 2.35. The number of methoxy groups -OCH3 is 1. The first-order valence-electron chi connectivity index (χ1n) is 9.42. The lowest BCUT2D eigenvalue weighted by atomic mass is 10.1. The van der Waals surface area contributed by atoms with Crippen LogP contribution >= 0.6 is 22.9 Å². The molecule has 5 nitrogen and oxygen atoms in total. The second-order valence-corrected chi connectivity index (χ2v) is 8.53. The van der Waals surface area contributed by atoms with E-state index in [1.54, 1.807) is 15.9 Å². The lowest BCUT2D eigenvalue weighted by molar-refractivity contribution is -0.140. The number of nitrogens with zero attached hydrogens (tertiary/aromatic N) is 2. The highest BCUT2D eigenvalue weighted by atomic mass is 35.5. The molecule has 0 N–H and O–H groups in total. The second kappa shape index (κ2) is 8.05. The molecule has 28 heavy (non-hydrogen) atoms. The Hall–Kier alpha value is -2.18. The maximum atomic E-state index is 13.4. The first kappa shape index (κ1) is 19.2. The lowest BCUT2D eigenvalue weighted by Crippen LogP contribution is -2.26. The molecule has 0 radical (unpaired) electrons. The van der Waals surface area contributed by atoms with Crippen LogP contribution in [-0.4, -0.2) is 22.6 Å². The molecule has 7 heteroatoms. The zero-order valence-electron chi connectivity index (χ0n) is 15.7. The van der Waals surface area contributed by atoms with Gasteiger partial charge < -0.3 is 4.74 Å². The first-order chi connectivity index (χ1) is 13.6. The van der Waals surface area contributed by atoms with Crippen LogP contribution in [0.1, 0.15) is 41.1 Å². The van der Waals surface area contributed by atoms with Crippen molar-refractivity contribution in [2.75, 3.05) is 7.11 Å². The van der Waals surface area contributed by atoms with Gasteiger partial charge in [-0.15, -0.1) is 11.3 Å². The summed E-state index contributed by atoms with van der Waals surface area (Å²) in [4.78, 5) is 31.8. The largest absolute Gasteiger partial charge is 0.469 e. The number of carbonyl (C=O) groups is 1. The zero-order chi connectivity index (χ0) is 19.7. The monoisotopic (exact) mass is 416 g/mol. The van der Waals surface area contributed by atoms with Gasteiger partial charge in [0.25, 0.3) is 5.56 Å². The Morgan fingerprint density at radius 1 is 1.36 bits per heavy atom. The van der Waals surface area contributed by atoms with Gasteiger partial charge in [-0.3, -0.25) is 14.2 Å². The van der Waals surface area contributed by atoms with Crippen LogP contribution in [0.15, 0.2) is 29.1 Å².